The van der Waals surface area contributed by atoms with E-state index in [1.54, 1.807) is 0 Å². The molecule has 1 radical (unpaired) electrons. The number of H-pyrrole nitrogens is 1. The summed E-state index contributed by atoms with van der Waals surface area (Å²) < 4.78 is 25.5. The van der Waals surface area contributed by atoms with Crippen LogP contribution in [0, 0.1) is 6.07 Å². The van der Waals surface area contributed by atoms with Crippen molar-refractivity contribution in [3.63, 3.8) is 0 Å². The van der Waals surface area contributed by atoms with E-state index in [2.05, 4.69) is 15.8 Å². The van der Waals surface area contributed by atoms with Crippen molar-refractivity contribution in [3.8, 4) is 0 Å². The van der Waals surface area contributed by atoms with Crippen molar-refractivity contribution in [1.82, 2.24) is 9.71 Å². The molecule has 0 saturated carbocycles. The predicted molar refractivity (Wildman–Crippen MR) is 64.7 cm³/mol. The molecular weight excluding hydrogens is 264 g/mol. The van der Waals surface area contributed by atoms with Crippen LogP contribution in [0.1, 0.15) is 0 Å². The Morgan fingerprint density at radius 2 is 2.12 bits per heavy atom. The molecule has 5 nitrogen and oxygen atoms in total. The summed E-state index contributed by atoms with van der Waals surface area (Å²) in [6, 6.07) is 6.62. The van der Waals surface area contributed by atoms with Gasteiger partial charge in [-0.25, -0.2) is 13.1 Å². The first-order valence-electron chi connectivity index (χ1n) is 4.62. The normalized spacial score (nSPS) is 11.9. The van der Waals surface area contributed by atoms with Gasteiger partial charge in [-0.2, -0.15) is 0 Å². The van der Waals surface area contributed by atoms with E-state index in [4.69, 9.17) is 11.6 Å². The van der Waals surface area contributed by atoms with Crippen molar-refractivity contribution in [3.05, 3.63) is 39.6 Å². The summed E-state index contributed by atoms with van der Waals surface area (Å²) in [5, 5.41) is 0.594. The highest BCUT2D eigenvalue weighted by molar-refractivity contribution is 7.89. The molecule has 0 amide bonds. The van der Waals surface area contributed by atoms with E-state index in [9.17, 15) is 13.2 Å². The third kappa shape index (κ3) is 2.19. The summed E-state index contributed by atoms with van der Waals surface area (Å²) in [6.07, 6.45) is 0. The monoisotopic (exact) mass is 271 g/mol. The first-order valence-corrected chi connectivity index (χ1v) is 6.48. The molecule has 2 N–H and O–H groups in total. The Balaban J connectivity index is 2.81. The molecule has 2 rings (SSSR count). The number of halogens is 1. The van der Waals surface area contributed by atoms with Gasteiger partial charge in [0.15, 0.2) is 0 Å². The van der Waals surface area contributed by atoms with Gasteiger partial charge >= 0.3 is 0 Å². The average Bonchev–Trinajstić information content (AvgIpc) is 2.27. The van der Waals surface area contributed by atoms with Crippen molar-refractivity contribution in [2.24, 2.45) is 0 Å². The minimum Gasteiger partial charge on any atom is -0.321 e. The highest BCUT2D eigenvalue weighted by Gasteiger charge is 2.16. The topological polar surface area (TPSA) is 79.0 Å². The van der Waals surface area contributed by atoms with Crippen LogP contribution in [0.3, 0.4) is 0 Å². The molecule has 7 heteroatoms. The van der Waals surface area contributed by atoms with Gasteiger partial charge < -0.3 is 4.98 Å². The fourth-order valence-electron chi connectivity index (χ4n) is 1.41. The Labute approximate surface area is 102 Å². The van der Waals surface area contributed by atoms with Gasteiger partial charge in [-0.1, -0.05) is 11.6 Å². The second-order valence-corrected chi connectivity index (χ2v) is 5.58. The number of aromatic amines is 1. The van der Waals surface area contributed by atoms with Crippen molar-refractivity contribution < 1.29 is 8.42 Å². The lowest BCUT2D eigenvalue weighted by Gasteiger charge is -2.06. The minimum absolute atomic E-state index is 0.0328. The smallest absolute Gasteiger partial charge is 0.256 e. The minimum atomic E-state index is -3.62. The summed E-state index contributed by atoms with van der Waals surface area (Å²) in [5.41, 5.74) is 0.0755. The van der Waals surface area contributed by atoms with Crippen molar-refractivity contribution in [2.45, 2.75) is 4.90 Å². The van der Waals surface area contributed by atoms with E-state index in [-0.39, 0.29) is 9.92 Å². The van der Waals surface area contributed by atoms with Gasteiger partial charge in [0.2, 0.25) is 10.0 Å². The molecule has 0 bridgehead atoms. The molecule has 0 aliphatic heterocycles. The van der Waals surface area contributed by atoms with Crippen LogP contribution in [0.5, 0.6) is 0 Å². The van der Waals surface area contributed by atoms with Crippen LogP contribution in [-0.4, -0.2) is 20.4 Å². The molecule has 0 fully saturated rings. The number of hydrogen-bond donors (Lipinski definition) is 2. The van der Waals surface area contributed by atoms with E-state index >= 15 is 0 Å². The lowest BCUT2D eigenvalue weighted by molar-refractivity contribution is 0.588. The molecule has 0 aliphatic carbocycles. The molecular formula is C10H8ClN2O3S. The first-order chi connectivity index (χ1) is 7.94. The van der Waals surface area contributed by atoms with Gasteiger partial charge in [0.1, 0.15) is 4.90 Å². The number of sulfonamides is 1. The lowest BCUT2D eigenvalue weighted by atomic mass is 10.2. The van der Waals surface area contributed by atoms with Gasteiger partial charge in [-0.15, -0.1) is 0 Å². The number of benzene rings is 1. The van der Waals surface area contributed by atoms with Gasteiger partial charge in [0.25, 0.3) is 5.56 Å². The summed E-state index contributed by atoms with van der Waals surface area (Å²) in [7, 11) is -2.32. The molecule has 0 aliphatic rings. The molecule has 0 unspecified atom stereocenters. The van der Waals surface area contributed by atoms with Crippen molar-refractivity contribution in [1.29, 1.82) is 0 Å². The third-order valence-corrected chi connectivity index (χ3v) is 4.15. The third-order valence-electron chi connectivity index (χ3n) is 2.27. The van der Waals surface area contributed by atoms with Gasteiger partial charge in [-0.05, 0) is 25.2 Å². The number of rotatable bonds is 2. The standard InChI is InChI=1S/C10H8ClN2O3S/c1-12-17(15,16)9-4-6-2-3-10(14)13-8(6)5-7(9)11/h2,4-5,12H,1H3,(H,13,14). The number of aromatic nitrogens is 1. The van der Waals surface area contributed by atoms with E-state index in [1.165, 1.54) is 25.2 Å². The Morgan fingerprint density at radius 3 is 2.76 bits per heavy atom. The summed E-state index contributed by atoms with van der Waals surface area (Å²) in [6.45, 7) is 0. The fourth-order valence-corrected chi connectivity index (χ4v) is 2.70. The van der Waals surface area contributed by atoms with Crippen LogP contribution in [0.25, 0.3) is 10.9 Å². The number of fused-ring (bicyclic) bond motifs is 1. The number of pyridine rings is 1. The molecule has 1 aromatic carbocycles. The number of hydrogen-bond acceptors (Lipinski definition) is 3. The van der Waals surface area contributed by atoms with E-state index < -0.39 is 15.6 Å². The second-order valence-electron chi connectivity index (χ2n) is 3.32. The maximum atomic E-state index is 11.7. The maximum Gasteiger partial charge on any atom is 0.256 e. The van der Waals surface area contributed by atoms with Gasteiger partial charge in [0, 0.05) is 10.9 Å². The van der Waals surface area contributed by atoms with Crippen LogP contribution < -0.4 is 10.3 Å². The molecule has 17 heavy (non-hydrogen) atoms. The lowest BCUT2D eigenvalue weighted by Crippen LogP contribution is -2.19. The van der Waals surface area contributed by atoms with Crippen molar-refractivity contribution >= 4 is 32.5 Å². The molecule has 1 heterocycles. The van der Waals surface area contributed by atoms with Crippen LogP contribution in [0.4, 0.5) is 0 Å². The number of nitrogens with one attached hydrogen (secondary N) is 2. The fraction of sp³-hybridized carbons (Fsp3) is 0.100. The zero-order chi connectivity index (χ0) is 12.6. The summed E-state index contributed by atoms with van der Waals surface area (Å²) in [5.74, 6) is 0. The molecule has 0 spiro atoms. The zero-order valence-corrected chi connectivity index (χ0v) is 10.3. The summed E-state index contributed by atoms with van der Waals surface area (Å²) in [4.78, 5) is 13.5. The molecule has 2 aromatic rings. The molecule has 1 aromatic heterocycles. The van der Waals surface area contributed by atoms with E-state index in [0.29, 0.717) is 10.9 Å². The predicted octanol–water partition coefficient (Wildman–Crippen LogP) is 0.890. The Hall–Kier alpha value is -1.37. The first kappa shape index (κ1) is 12.1. The van der Waals surface area contributed by atoms with Crippen LogP contribution >= 0.6 is 11.6 Å². The van der Waals surface area contributed by atoms with Crippen molar-refractivity contribution in [2.75, 3.05) is 7.05 Å². The van der Waals surface area contributed by atoms with Crippen LogP contribution in [0.15, 0.2) is 27.9 Å². The largest absolute Gasteiger partial charge is 0.321 e. The molecule has 0 atom stereocenters. The van der Waals surface area contributed by atoms with Gasteiger partial charge in [0.05, 0.1) is 11.1 Å². The highest BCUT2D eigenvalue weighted by Crippen LogP contribution is 2.25. The second kappa shape index (κ2) is 4.14. The zero-order valence-electron chi connectivity index (χ0n) is 8.74. The Bertz CT molecular complexity index is 737. The molecule has 89 valence electrons. The van der Waals surface area contributed by atoms with Crippen LogP contribution in [0.2, 0.25) is 5.02 Å². The van der Waals surface area contributed by atoms with Crippen LogP contribution in [-0.2, 0) is 10.0 Å². The SMILES string of the molecule is CNS(=O)(=O)c1cc2c[c]c(=O)[nH]c2cc1Cl. The highest BCUT2D eigenvalue weighted by atomic mass is 35.5. The maximum absolute atomic E-state index is 11.7. The average molecular weight is 272 g/mol. The Kier molecular flexibility index (Phi) is 2.94. The molecule has 0 saturated heterocycles. The van der Waals surface area contributed by atoms with Gasteiger partial charge in [-0.3, -0.25) is 4.79 Å². The van der Waals surface area contributed by atoms with E-state index in [0.717, 1.165) is 0 Å². The summed E-state index contributed by atoms with van der Waals surface area (Å²) >= 11 is 5.87. The quantitative estimate of drug-likeness (QED) is 0.851. The van der Waals surface area contributed by atoms with E-state index in [1.807, 2.05) is 0 Å². The Morgan fingerprint density at radius 1 is 1.41 bits per heavy atom.